The van der Waals surface area contributed by atoms with E-state index in [9.17, 15) is 4.79 Å². The maximum Gasteiger partial charge on any atom is 0.233 e. The predicted octanol–water partition coefficient (Wildman–Crippen LogP) is 2.62. The zero-order valence-electron chi connectivity index (χ0n) is 15.3. The monoisotopic (exact) mass is 374 g/mol. The molecule has 26 heavy (non-hydrogen) atoms. The first-order valence-electron chi connectivity index (χ1n) is 9.13. The summed E-state index contributed by atoms with van der Waals surface area (Å²) in [6, 6.07) is 10.3. The summed E-state index contributed by atoms with van der Waals surface area (Å²) in [4.78, 5) is 14.3. The number of thioether (sulfide) groups is 1. The Morgan fingerprint density at radius 1 is 1.19 bits per heavy atom. The third kappa shape index (κ3) is 5.08. The number of benzene rings is 1. The van der Waals surface area contributed by atoms with Crippen LogP contribution in [0.3, 0.4) is 0 Å². The minimum Gasteiger partial charge on any atom is -0.385 e. The van der Waals surface area contributed by atoms with E-state index >= 15 is 0 Å². The first-order valence-corrected chi connectivity index (χ1v) is 10.1. The molecule has 7 heteroatoms. The van der Waals surface area contributed by atoms with Gasteiger partial charge in [-0.25, -0.2) is 0 Å². The van der Waals surface area contributed by atoms with Gasteiger partial charge in [0.05, 0.1) is 5.75 Å². The Morgan fingerprint density at radius 3 is 2.69 bits per heavy atom. The van der Waals surface area contributed by atoms with Crippen molar-refractivity contribution < 1.29 is 9.53 Å². The molecule has 1 amide bonds. The van der Waals surface area contributed by atoms with Gasteiger partial charge in [0.2, 0.25) is 5.91 Å². The Hall–Kier alpha value is -1.86. The van der Waals surface area contributed by atoms with Crippen LogP contribution in [-0.4, -0.2) is 58.1 Å². The molecule has 3 rings (SSSR count). The standard InChI is InChI=1S/C19H26N4O2S/c1-25-13-7-12-23-17(14-16-8-3-2-4-9-16)20-21-19(23)26-15-18(24)22-10-5-6-11-22/h2-4,8-9H,5-7,10-15H2,1H3. The van der Waals surface area contributed by atoms with E-state index in [-0.39, 0.29) is 5.91 Å². The number of amides is 1. The SMILES string of the molecule is COCCCn1c(Cc2ccccc2)nnc1SCC(=O)N1CCCC1. The largest absolute Gasteiger partial charge is 0.385 e. The summed E-state index contributed by atoms with van der Waals surface area (Å²) in [6.45, 7) is 3.27. The molecule has 0 saturated carbocycles. The van der Waals surface area contributed by atoms with Gasteiger partial charge in [-0.15, -0.1) is 10.2 Å². The van der Waals surface area contributed by atoms with Gasteiger partial charge in [-0.05, 0) is 24.8 Å². The summed E-state index contributed by atoms with van der Waals surface area (Å²) in [7, 11) is 1.71. The minimum atomic E-state index is 0.198. The van der Waals surface area contributed by atoms with Crippen LogP contribution in [-0.2, 0) is 22.5 Å². The number of rotatable bonds is 9. The number of aromatic nitrogens is 3. The van der Waals surface area contributed by atoms with Crippen LogP contribution in [0.5, 0.6) is 0 Å². The number of nitrogens with zero attached hydrogens (tertiary/aromatic N) is 4. The van der Waals surface area contributed by atoms with E-state index in [2.05, 4.69) is 26.9 Å². The van der Waals surface area contributed by atoms with Crippen molar-refractivity contribution in [1.82, 2.24) is 19.7 Å². The fourth-order valence-electron chi connectivity index (χ4n) is 3.11. The van der Waals surface area contributed by atoms with E-state index in [1.807, 2.05) is 23.1 Å². The highest BCUT2D eigenvalue weighted by Crippen LogP contribution is 2.21. The minimum absolute atomic E-state index is 0.198. The Bertz CT molecular complexity index is 699. The molecule has 1 aromatic heterocycles. The zero-order chi connectivity index (χ0) is 18.2. The lowest BCUT2D eigenvalue weighted by atomic mass is 10.1. The van der Waals surface area contributed by atoms with Crippen LogP contribution >= 0.6 is 11.8 Å². The molecule has 1 aliphatic rings. The molecule has 0 aliphatic carbocycles. The number of carbonyl (C=O) groups excluding carboxylic acids is 1. The van der Waals surface area contributed by atoms with Crippen molar-refractivity contribution in [2.45, 2.75) is 37.4 Å². The fraction of sp³-hybridized carbons (Fsp3) is 0.526. The number of carbonyl (C=O) groups is 1. The molecular formula is C19H26N4O2S. The number of likely N-dealkylation sites (tertiary alicyclic amines) is 1. The van der Waals surface area contributed by atoms with Crippen LogP contribution in [0, 0.1) is 0 Å². The van der Waals surface area contributed by atoms with Gasteiger partial charge in [-0.1, -0.05) is 42.1 Å². The third-order valence-corrected chi connectivity index (χ3v) is 5.46. The van der Waals surface area contributed by atoms with Crippen LogP contribution < -0.4 is 0 Å². The maximum atomic E-state index is 12.3. The molecule has 2 aromatic rings. The molecule has 1 aliphatic heterocycles. The molecule has 0 unspecified atom stereocenters. The van der Waals surface area contributed by atoms with Crippen LogP contribution in [0.15, 0.2) is 35.5 Å². The van der Waals surface area contributed by atoms with Gasteiger partial charge < -0.3 is 14.2 Å². The first-order chi connectivity index (χ1) is 12.8. The van der Waals surface area contributed by atoms with Crippen molar-refractivity contribution in [2.75, 3.05) is 32.6 Å². The molecular weight excluding hydrogens is 348 g/mol. The summed E-state index contributed by atoms with van der Waals surface area (Å²) >= 11 is 1.49. The van der Waals surface area contributed by atoms with E-state index < -0.39 is 0 Å². The molecule has 0 radical (unpaired) electrons. The normalized spacial score (nSPS) is 14.1. The topological polar surface area (TPSA) is 60.2 Å². The lowest BCUT2D eigenvalue weighted by Gasteiger charge is -2.15. The molecule has 0 bridgehead atoms. The van der Waals surface area contributed by atoms with Crippen LogP contribution in [0.25, 0.3) is 0 Å². The Morgan fingerprint density at radius 2 is 1.96 bits per heavy atom. The van der Waals surface area contributed by atoms with E-state index in [4.69, 9.17) is 4.74 Å². The smallest absolute Gasteiger partial charge is 0.233 e. The second kappa shape index (κ2) is 9.73. The van der Waals surface area contributed by atoms with Crippen molar-refractivity contribution in [1.29, 1.82) is 0 Å². The highest BCUT2D eigenvalue weighted by Gasteiger charge is 2.20. The summed E-state index contributed by atoms with van der Waals surface area (Å²) in [5.74, 6) is 1.56. The van der Waals surface area contributed by atoms with Crippen molar-refractivity contribution in [3.63, 3.8) is 0 Å². The predicted molar refractivity (Wildman–Crippen MR) is 102 cm³/mol. The maximum absolute atomic E-state index is 12.3. The van der Waals surface area contributed by atoms with E-state index in [1.54, 1.807) is 7.11 Å². The molecule has 6 nitrogen and oxygen atoms in total. The highest BCUT2D eigenvalue weighted by atomic mass is 32.2. The Labute approximate surface area is 158 Å². The van der Waals surface area contributed by atoms with Crippen LogP contribution in [0.2, 0.25) is 0 Å². The van der Waals surface area contributed by atoms with Gasteiger partial charge in [-0.3, -0.25) is 4.79 Å². The molecule has 0 atom stereocenters. The van der Waals surface area contributed by atoms with Crippen LogP contribution in [0.4, 0.5) is 0 Å². The van der Waals surface area contributed by atoms with Gasteiger partial charge in [0.15, 0.2) is 5.16 Å². The zero-order valence-corrected chi connectivity index (χ0v) is 16.1. The molecule has 0 spiro atoms. The Balaban J connectivity index is 1.67. The number of hydrogen-bond acceptors (Lipinski definition) is 5. The lowest BCUT2D eigenvalue weighted by molar-refractivity contribution is -0.127. The summed E-state index contributed by atoms with van der Waals surface area (Å²) in [5, 5.41) is 9.57. The average Bonchev–Trinajstić information content (AvgIpc) is 3.32. The van der Waals surface area contributed by atoms with Gasteiger partial charge in [0.1, 0.15) is 5.82 Å². The second-order valence-corrected chi connectivity index (χ2v) is 7.38. The van der Waals surface area contributed by atoms with Gasteiger partial charge in [0, 0.05) is 39.8 Å². The van der Waals surface area contributed by atoms with Crippen LogP contribution in [0.1, 0.15) is 30.7 Å². The van der Waals surface area contributed by atoms with Crippen molar-refractivity contribution in [3.05, 3.63) is 41.7 Å². The van der Waals surface area contributed by atoms with Gasteiger partial charge in [-0.2, -0.15) is 0 Å². The van der Waals surface area contributed by atoms with Gasteiger partial charge >= 0.3 is 0 Å². The molecule has 0 N–H and O–H groups in total. The van der Waals surface area contributed by atoms with Crippen molar-refractivity contribution >= 4 is 17.7 Å². The summed E-state index contributed by atoms with van der Waals surface area (Å²) in [6.07, 6.45) is 3.86. The third-order valence-electron chi connectivity index (χ3n) is 4.51. The summed E-state index contributed by atoms with van der Waals surface area (Å²) < 4.78 is 7.31. The lowest BCUT2D eigenvalue weighted by Crippen LogP contribution is -2.29. The highest BCUT2D eigenvalue weighted by molar-refractivity contribution is 7.99. The van der Waals surface area contributed by atoms with E-state index in [0.29, 0.717) is 12.4 Å². The molecule has 1 saturated heterocycles. The first kappa shape index (κ1) is 18.9. The summed E-state index contributed by atoms with van der Waals surface area (Å²) in [5.41, 5.74) is 1.21. The fourth-order valence-corrected chi connectivity index (χ4v) is 4.00. The molecule has 1 aromatic carbocycles. The quantitative estimate of drug-likeness (QED) is 0.499. The average molecular weight is 375 g/mol. The number of methoxy groups -OCH3 is 1. The number of ether oxygens (including phenoxy) is 1. The van der Waals surface area contributed by atoms with Crippen molar-refractivity contribution in [3.8, 4) is 0 Å². The second-order valence-electron chi connectivity index (χ2n) is 6.44. The van der Waals surface area contributed by atoms with Crippen molar-refractivity contribution in [2.24, 2.45) is 0 Å². The van der Waals surface area contributed by atoms with Gasteiger partial charge in [0.25, 0.3) is 0 Å². The Kier molecular flexibility index (Phi) is 7.08. The van der Waals surface area contributed by atoms with E-state index in [0.717, 1.165) is 56.3 Å². The molecule has 140 valence electrons. The number of hydrogen-bond donors (Lipinski definition) is 0. The molecule has 1 fully saturated rings. The van der Waals surface area contributed by atoms with E-state index in [1.165, 1.54) is 17.3 Å². The molecule has 2 heterocycles.